The lowest BCUT2D eigenvalue weighted by atomic mass is 9.86. The smallest absolute Gasteiger partial charge is 0.225 e. The van der Waals surface area contributed by atoms with Crippen molar-refractivity contribution in [3.8, 4) is 0 Å². The number of carbonyl (C=O) groups excluding carboxylic acids is 1. The molecule has 2 heterocycles. The third-order valence-corrected chi connectivity index (χ3v) is 4.79. The van der Waals surface area contributed by atoms with Gasteiger partial charge in [-0.25, -0.2) is 0 Å². The summed E-state index contributed by atoms with van der Waals surface area (Å²) in [4.78, 5) is 14.4. The van der Waals surface area contributed by atoms with Crippen LogP contribution in [0, 0.1) is 11.3 Å². The molecule has 1 unspecified atom stereocenters. The van der Waals surface area contributed by atoms with E-state index in [9.17, 15) is 4.79 Å². The molecule has 1 saturated carbocycles. The summed E-state index contributed by atoms with van der Waals surface area (Å²) < 4.78 is 0. The van der Waals surface area contributed by atoms with E-state index in [0.29, 0.717) is 17.2 Å². The number of rotatable bonds is 1. The van der Waals surface area contributed by atoms with Crippen molar-refractivity contribution in [2.75, 3.05) is 26.2 Å². The zero-order valence-corrected chi connectivity index (χ0v) is 10.0. The fraction of sp³-hybridized carbons (Fsp3) is 0.923. The van der Waals surface area contributed by atoms with E-state index in [4.69, 9.17) is 0 Å². The quantitative estimate of drug-likeness (QED) is 0.727. The van der Waals surface area contributed by atoms with Crippen LogP contribution in [0.1, 0.15) is 38.5 Å². The first-order valence-electron chi connectivity index (χ1n) is 6.79. The molecule has 90 valence electrons. The molecule has 1 amide bonds. The van der Waals surface area contributed by atoms with E-state index in [-0.39, 0.29) is 0 Å². The molecule has 3 rings (SSSR count). The number of carbonyl (C=O) groups is 1. The Bertz CT molecular complexity index is 278. The van der Waals surface area contributed by atoms with E-state index in [1.165, 1.54) is 25.7 Å². The van der Waals surface area contributed by atoms with Crippen molar-refractivity contribution >= 4 is 5.91 Å². The Hall–Kier alpha value is -0.570. The standard InChI is InChI=1S/C13H22N2O/c16-12(11-3-1-2-4-11)15-8-6-13(10-15)5-7-14-9-13/h11,14H,1-10H2. The Morgan fingerprint density at radius 3 is 2.75 bits per heavy atom. The first-order chi connectivity index (χ1) is 7.79. The summed E-state index contributed by atoms with van der Waals surface area (Å²) in [5.74, 6) is 0.825. The highest BCUT2D eigenvalue weighted by molar-refractivity contribution is 5.79. The Balaban J connectivity index is 1.62. The molecule has 2 saturated heterocycles. The molecule has 0 aromatic heterocycles. The third-order valence-electron chi connectivity index (χ3n) is 4.79. The first kappa shape index (κ1) is 10.6. The number of nitrogens with one attached hydrogen (secondary N) is 1. The minimum atomic E-state index is 0.365. The van der Waals surface area contributed by atoms with Gasteiger partial charge in [0.25, 0.3) is 0 Å². The zero-order valence-electron chi connectivity index (χ0n) is 10.0. The summed E-state index contributed by atoms with van der Waals surface area (Å²) in [6.45, 7) is 4.30. The molecular formula is C13H22N2O. The van der Waals surface area contributed by atoms with Crippen molar-refractivity contribution in [3.63, 3.8) is 0 Å². The normalized spacial score (nSPS) is 35.4. The van der Waals surface area contributed by atoms with Gasteiger partial charge in [0.1, 0.15) is 0 Å². The number of hydrogen-bond donors (Lipinski definition) is 1. The van der Waals surface area contributed by atoms with Gasteiger partial charge in [-0.2, -0.15) is 0 Å². The van der Waals surface area contributed by atoms with Gasteiger partial charge in [0, 0.05) is 31.0 Å². The highest BCUT2D eigenvalue weighted by Gasteiger charge is 2.43. The van der Waals surface area contributed by atoms with Crippen molar-refractivity contribution < 1.29 is 4.79 Å². The van der Waals surface area contributed by atoms with Gasteiger partial charge in [-0.15, -0.1) is 0 Å². The molecule has 16 heavy (non-hydrogen) atoms. The fourth-order valence-electron chi connectivity index (χ4n) is 3.70. The average Bonchev–Trinajstić information content (AvgIpc) is 3.01. The highest BCUT2D eigenvalue weighted by Crippen LogP contribution is 2.37. The summed E-state index contributed by atoms with van der Waals surface area (Å²) in [7, 11) is 0. The predicted molar refractivity (Wildman–Crippen MR) is 63.1 cm³/mol. The number of amides is 1. The van der Waals surface area contributed by atoms with Gasteiger partial charge < -0.3 is 10.2 Å². The van der Waals surface area contributed by atoms with Gasteiger partial charge in [-0.1, -0.05) is 12.8 Å². The molecule has 3 fully saturated rings. The van der Waals surface area contributed by atoms with E-state index in [1.807, 2.05) is 0 Å². The lowest BCUT2D eigenvalue weighted by Gasteiger charge is -2.24. The van der Waals surface area contributed by atoms with Crippen LogP contribution in [0.25, 0.3) is 0 Å². The summed E-state index contributed by atoms with van der Waals surface area (Å²) in [5, 5.41) is 3.45. The van der Waals surface area contributed by atoms with Gasteiger partial charge in [-0.3, -0.25) is 4.79 Å². The van der Waals surface area contributed by atoms with Crippen LogP contribution in [-0.2, 0) is 4.79 Å². The van der Waals surface area contributed by atoms with Crippen LogP contribution in [0.5, 0.6) is 0 Å². The minimum Gasteiger partial charge on any atom is -0.342 e. The van der Waals surface area contributed by atoms with E-state index >= 15 is 0 Å². The van der Waals surface area contributed by atoms with Crippen LogP contribution in [0.2, 0.25) is 0 Å². The lowest BCUT2D eigenvalue weighted by molar-refractivity contribution is -0.134. The molecule has 3 heteroatoms. The predicted octanol–water partition coefficient (Wildman–Crippen LogP) is 1.39. The van der Waals surface area contributed by atoms with E-state index in [0.717, 1.165) is 39.0 Å². The largest absolute Gasteiger partial charge is 0.342 e. The molecule has 3 aliphatic rings. The lowest BCUT2D eigenvalue weighted by Crippen LogP contribution is -2.36. The Morgan fingerprint density at radius 1 is 1.25 bits per heavy atom. The van der Waals surface area contributed by atoms with Gasteiger partial charge >= 0.3 is 0 Å². The van der Waals surface area contributed by atoms with Crippen LogP contribution in [0.4, 0.5) is 0 Å². The van der Waals surface area contributed by atoms with Crippen LogP contribution in [0.15, 0.2) is 0 Å². The SMILES string of the molecule is O=C(C1CCCC1)N1CCC2(CCNC2)C1. The molecule has 0 bridgehead atoms. The summed E-state index contributed by atoms with van der Waals surface area (Å²) in [5.41, 5.74) is 0.439. The van der Waals surface area contributed by atoms with Gasteiger partial charge in [0.2, 0.25) is 5.91 Å². The molecule has 0 aromatic carbocycles. The molecule has 1 spiro atoms. The van der Waals surface area contributed by atoms with Crippen molar-refractivity contribution in [2.24, 2.45) is 11.3 Å². The van der Waals surface area contributed by atoms with Gasteiger partial charge in [0.05, 0.1) is 0 Å². The molecule has 0 aromatic rings. The number of likely N-dealkylation sites (tertiary alicyclic amines) is 1. The topological polar surface area (TPSA) is 32.3 Å². The monoisotopic (exact) mass is 222 g/mol. The van der Waals surface area contributed by atoms with Crippen molar-refractivity contribution in [3.05, 3.63) is 0 Å². The molecule has 1 aliphatic carbocycles. The van der Waals surface area contributed by atoms with E-state index in [2.05, 4.69) is 10.2 Å². The molecule has 3 nitrogen and oxygen atoms in total. The van der Waals surface area contributed by atoms with Crippen molar-refractivity contribution in [1.82, 2.24) is 10.2 Å². The van der Waals surface area contributed by atoms with Crippen molar-refractivity contribution in [2.45, 2.75) is 38.5 Å². The van der Waals surface area contributed by atoms with E-state index in [1.54, 1.807) is 0 Å². The summed E-state index contributed by atoms with van der Waals surface area (Å²) in [6, 6.07) is 0. The highest BCUT2D eigenvalue weighted by atomic mass is 16.2. The summed E-state index contributed by atoms with van der Waals surface area (Å²) in [6.07, 6.45) is 7.29. The average molecular weight is 222 g/mol. The molecule has 0 radical (unpaired) electrons. The molecule has 1 atom stereocenters. The first-order valence-corrected chi connectivity index (χ1v) is 6.79. The number of hydrogen-bond acceptors (Lipinski definition) is 2. The Kier molecular flexibility index (Phi) is 2.66. The third kappa shape index (κ3) is 1.75. The van der Waals surface area contributed by atoms with Crippen molar-refractivity contribution in [1.29, 1.82) is 0 Å². The molecule has 2 aliphatic heterocycles. The summed E-state index contributed by atoms with van der Waals surface area (Å²) >= 11 is 0. The molecule has 1 N–H and O–H groups in total. The fourth-order valence-corrected chi connectivity index (χ4v) is 3.70. The molecular weight excluding hydrogens is 200 g/mol. The van der Waals surface area contributed by atoms with Crippen LogP contribution in [0.3, 0.4) is 0 Å². The van der Waals surface area contributed by atoms with Gasteiger partial charge in [0.15, 0.2) is 0 Å². The maximum atomic E-state index is 12.3. The minimum absolute atomic E-state index is 0.365. The van der Waals surface area contributed by atoms with E-state index < -0.39 is 0 Å². The van der Waals surface area contributed by atoms with Crippen LogP contribution in [-0.4, -0.2) is 37.0 Å². The van der Waals surface area contributed by atoms with Crippen LogP contribution < -0.4 is 5.32 Å². The zero-order chi connectivity index (χ0) is 11.0. The maximum absolute atomic E-state index is 12.3. The van der Waals surface area contributed by atoms with Gasteiger partial charge in [-0.05, 0) is 32.2 Å². The number of nitrogens with zero attached hydrogens (tertiary/aromatic N) is 1. The Labute approximate surface area is 97.6 Å². The second kappa shape index (κ2) is 4.02. The van der Waals surface area contributed by atoms with Crippen LogP contribution >= 0.6 is 0 Å². The Morgan fingerprint density at radius 2 is 2.06 bits per heavy atom. The maximum Gasteiger partial charge on any atom is 0.225 e. The second-order valence-electron chi connectivity index (χ2n) is 5.92. The second-order valence-corrected chi connectivity index (χ2v) is 5.92.